The van der Waals surface area contributed by atoms with Gasteiger partial charge >= 0.3 is 5.97 Å². The van der Waals surface area contributed by atoms with Crippen molar-refractivity contribution in [2.45, 2.75) is 19.9 Å². The number of fused-ring (bicyclic) bond motifs is 1. The number of nitrogens with zero attached hydrogens (tertiary/aromatic N) is 3. The van der Waals surface area contributed by atoms with Crippen molar-refractivity contribution < 1.29 is 33.4 Å². The van der Waals surface area contributed by atoms with E-state index in [1.54, 1.807) is 32.0 Å². The number of para-hydroxylation sites is 1. The maximum atomic E-state index is 14.0. The second-order valence-corrected chi connectivity index (χ2v) is 9.42. The van der Waals surface area contributed by atoms with Gasteiger partial charge in [-0.05, 0) is 32.1 Å². The lowest BCUT2D eigenvalue weighted by molar-refractivity contribution is -0.385. The third-order valence-electron chi connectivity index (χ3n) is 6.26. The summed E-state index contributed by atoms with van der Waals surface area (Å²) >= 11 is 1.03. The van der Waals surface area contributed by atoms with Gasteiger partial charge in [0.05, 0.1) is 67.4 Å². The van der Waals surface area contributed by atoms with E-state index in [0.29, 0.717) is 27.6 Å². The Kier molecular flexibility index (Phi) is 8.24. The zero-order valence-electron chi connectivity index (χ0n) is 22.7. The van der Waals surface area contributed by atoms with Crippen LogP contribution in [0.3, 0.4) is 0 Å². The van der Waals surface area contributed by atoms with Gasteiger partial charge in [0.25, 0.3) is 11.2 Å². The molecule has 3 aromatic rings. The molecule has 210 valence electrons. The number of allylic oxidation sites excluding steroid dienone is 1. The minimum Gasteiger partial charge on any atom is -0.493 e. The summed E-state index contributed by atoms with van der Waals surface area (Å²) in [6, 6.07) is 6.82. The smallest absolute Gasteiger partial charge is 0.338 e. The summed E-state index contributed by atoms with van der Waals surface area (Å²) in [6.45, 7) is 3.45. The average molecular weight is 570 g/mol. The molecule has 0 saturated carbocycles. The minimum absolute atomic E-state index is 0.116. The summed E-state index contributed by atoms with van der Waals surface area (Å²) in [7, 11) is 5.72. The number of hydrogen-bond donors (Lipinski definition) is 0. The third kappa shape index (κ3) is 4.91. The molecule has 1 aromatic heterocycles. The highest BCUT2D eigenvalue weighted by Gasteiger charge is 2.36. The van der Waals surface area contributed by atoms with E-state index in [9.17, 15) is 19.7 Å². The number of hydrogen-bond acceptors (Lipinski definition) is 11. The summed E-state index contributed by atoms with van der Waals surface area (Å²) in [4.78, 5) is 43.3. The molecule has 0 saturated heterocycles. The van der Waals surface area contributed by atoms with Gasteiger partial charge in [0.2, 0.25) is 0 Å². The molecule has 0 N–H and O–H groups in total. The molecule has 12 nitrogen and oxygen atoms in total. The zero-order valence-corrected chi connectivity index (χ0v) is 23.5. The van der Waals surface area contributed by atoms with Gasteiger partial charge in [-0.15, -0.1) is 0 Å². The maximum Gasteiger partial charge on any atom is 0.338 e. The quantitative estimate of drug-likeness (QED) is 0.216. The average Bonchev–Trinajstić information content (AvgIpc) is 3.25. The molecule has 40 heavy (non-hydrogen) atoms. The number of nitro groups is 1. The van der Waals surface area contributed by atoms with Gasteiger partial charge in [-0.3, -0.25) is 19.5 Å². The first kappa shape index (κ1) is 28.4. The molecule has 2 aromatic carbocycles. The second kappa shape index (κ2) is 11.6. The summed E-state index contributed by atoms with van der Waals surface area (Å²) in [5.74, 6) is 0.528. The Morgan fingerprint density at radius 1 is 1.10 bits per heavy atom. The van der Waals surface area contributed by atoms with E-state index in [2.05, 4.69) is 4.99 Å². The molecule has 4 rings (SSSR count). The van der Waals surface area contributed by atoms with Crippen LogP contribution in [0, 0.1) is 10.1 Å². The van der Waals surface area contributed by atoms with E-state index >= 15 is 0 Å². The van der Waals surface area contributed by atoms with E-state index in [4.69, 9.17) is 23.7 Å². The van der Waals surface area contributed by atoms with Gasteiger partial charge in [0, 0.05) is 5.56 Å². The second-order valence-electron chi connectivity index (χ2n) is 8.41. The molecule has 1 atom stereocenters. The highest BCUT2D eigenvalue weighted by Crippen LogP contribution is 2.40. The lowest BCUT2D eigenvalue weighted by atomic mass is 9.94. The number of carbonyl (C=O) groups is 1. The number of carbonyl (C=O) groups excluding carboxylic acids is 1. The number of aromatic nitrogens is 1. The van der Waals surface area contributed by atoms with Crippen LogP contribution in [0.25, 0.3) is 6.08 Å². The van der Waals surface area contributed by atoms with Crippen molar-refractivity contribution in [3.8, 4) is 23.0 Å². The number of benzene rings is 2. The number of nitro benzene ring substituents is 1. The molecule has 2 heterocycles. The van der Waals surface area contributed by atoms with Crippen LogP contribution in [0.1, 0.15) is 31.0 Å². The molecule has 0 radical (unpaired) electrons. The van der Waals surface area contributed by atoms with Crippen LogP contribution in [0.15, 0.2) is 51.4 Å². The van der Waals surface area contributed by atoms with Crippen molar-refractivity contribution in [2.75, 3.05) is 35.0 Å². The van der Waals surface area contributed by atoms with Gasteiger partial charge in [-0.25, -0.2) is 9.79 Å². The highest BCUT2D eigenvalue weighted by molar-refractivity contribution is 7.07. The van der Waals surface area contributed by atoms with E-state index in [0.717, 1.165) is 11.3 Å². The van der Waals surface area contributed by atoms with E-state index in [1.165, 1.54) is 51.2 Å². The minimum atomic E-state index is -0.970. The zero-order chi connectivity index (χ0) is 29.1. The van der Waals surface area contributed by atoms with Crippen LogP contribution in [0.4, 0.5) is 5.69 Å². The summed E-state index contributed by atoms with van der Waals surface area (Å²) in [5.41, 5.74) is 0.325. The fourth-order valence-corrected chi connectivity index (χ4v) is 5.55. The number of thiazole rings is 1. The van der Waals surface area contributed by atoms with Crippen molar-refractivity contribution in [3.05, 3.63) is 82.5 Å². The Morgan fingerprint density at radius 3 is 2.38 bits per heavy atom. The van der Waals surface area contributed by atoms with Gasteiger partial charge in [0.1, 0.15) is 6.04 Å². The maximum absolute atomic E-state index is 14.0. The summed E-state index contributed by atoms with van der Waals surface area (Å²) in [6.07, 6.45) is 1.40. The van der Waals surface area contributed by atoms with Crippen molar-refractivity contribution in [3.63, 3.8) is 0 Å². The van der Waals surface area contributed by atoms with Crippen LogP contribution in [-0.4, -0.2) is 50.5 Å². The lowest BCUT2D eigenvalue weighted by Crippen LogP contribution is -2.40. The van der Waals surface area contributed by atoms with Crippen molar-refractivity contribution >= 4 is 29.1 Å². The SMILES string of the molecule is CCOC(=O)C1=C(C)N=c2s/c(=C\c3cc(OC)c(OC)cc3[N+](=O)[O-])c(=O)n2[C@@H]1c1cccc(OC)c1OC. The molecule has 0 unspecified atom stereocenters. The van der Waals surface area contributed by atoms with Crippen LogP contribution in [0.2, 0.25) is 0 Å². The standard InChI is InChI=1S/C27H27N3O9S/c1-7-39-26(32)22-14(2)28-27-29(23(22)16-9-8-10-18(35-3)24(16)38-6)25(31)21(40-27)12-15-11-19(36-4)20(37-5)13-17(15)30(33)34/h8-13,23H,7H2,1-6H3/b21-12-/t23-/m1/s1. The number of esters is 1. The number of ether oxygens (including phenoxy) is 5. The molecule has 1 aliphatic rings. The predicted octanol–water partition coefficient (Wildman–Crippen LogP) is 2.74. The van der Waals surface area contributed by atoms with Gasteiger partial charge in [-0.2, -0.15) is 0 Å². The van der Waals surface area contributed by atoms with E-state index < -0.39 is 22.5 Å². The first-order chi connectivity index (χ1) is 19.2. The molecule has 0 fully saturated rings. The van der Waals surface area contributed by atoms with Gasteiger partial charge in [-0.1, -0.05) is 23.5 Å². The molecule has 0 spiro atoms. The Labute approximate surface area is 232 Å². The monoisotopic (exact) mass is 569 g/mol. The molecule has 0 bridgehead atoms. The number of methoxy groups -OCH3 is 4. The van der Waals surface area contributed by atoms with Crippen LogP contribution in [0.5, 0.6) is 23.0 Å². The van der Waals surface area contributed by atoms with Gasteiger partial charge in [0.15, 0.2) is 27.8 Å². The Morgan fingerprint density at radius 2 is 1.77 bits per heavy atom. The van der Waals surface area contributed by atoms with Crippen LogP contribution < -0.4 is 33.8 Å². The topological polar surface area (TPSA) is 141 Å². The molecule has 0 aliphatic carbocycles. The fraction of sp³-hybridized carbons (Fsp3) is 0.296. The van der Waals surface area contributed by atoms with Crippen molar-refractivity contribution in [1.29, 1.82) is 0 Å². The normalized spacial score (nSPS) is 14.8. The largest absolute Gasteiger partial charge is 0.493 e. The molecule has 0 amide bonds. The molecular formula is C27H27N3O9S. The number of rotatable bonds is 9. The van der Waals surface area contributed by atoms with Crippen LogP contribution in [-0.2, 0) is 9.53 Å². The first-order valence-electron chi connectivity index (χ1n) is 12.0. The summed E-state index contributed by atoms with van der Waals surface area (Å²) in [5, 5.41) is 11.9. The molecular weight excluding hydrogens is 542 g/mol. The van der Waals surface area contributed by atoms with Crippen molar-refractivity contribution in [2.24, 2.45) is 4.99 Å². The first-order valence-corrected chi connectivity index (χ1v) is 12.8. The van der Waals surface area contributed by atoms with Crippen molar-refractivity contribution in [1.82, 2.24) is 4.57 Å². The Balaban J connectivity index is 2.05. The fourth-order valence-electron chi connectivity index (χ4n) is 4.51. The summed E-state index contributed by atoms with van der Waals surface area (Å²) < 4.78 is 28.5. The molecule has 13 heteroatoms. The lowest BCUT2D eigenvalue weighted by Gasteiger charge is -2.26. The molecule has 1 aliphatic heterocycles. The Hall–Kier alpha value is -4.65. The van der Waals surface area contributed by atoms with E-state index in [1.807, 2.05) is 0 Å². The van der Waals surface area contributed by atoms with E-state index in [-0.39, 0.29) is 39.5 Å². The Bertz CT molecular complexity index is 1700. The highest BCUT2D eigenvalue weighted by atomic mass is 32.1. The van der Waals surface area contributed by atoms with Crippen LogP contribution >= 0.6 is 11.3 Å². The predicted molar refractivity (Wildman–Crippen MR) is 146 cm³/mol. The van der Waals surface area contributed by atoms with Gasteiger partial charge < -0.3 is 23.7 Å². The third-order valence-corrected chi connectivity index (χ3v) is 7.24.